The summed E-state index contributed by atoms with van der Waals surface area (Å²) in [5.74, 6) is 0.658. The number of esters is 1. The fraction of sp³-hybridized carbons (Fsp3) is 0.231. The standard InChI is InChI=1S/C26H26N2O5/c1-2-31-24(29)17-28(16-19-9-5-3-6-10-19)25(20-11-7-4-8-12-20)26(30)27-21-13-14-22-23(15-21)33-18-32-22/h3-15,25H,2,16-18H2,1H3,(H,27,30)/p+1. The molecule has 0 aliphatic carbocycles. The zero-order valence-electron chi connectivity index (χ0n) is 18.5. The Balaban J connectivity index is 1.65. The summed E-state index contributed by atoms with van der Waals surface area (Å²) in [7, 11) is 0. The highest BCUT2D eigenvalue weighted by molar-refractivity contribution is 5.95. The van der Waals surface area contributed by atoms with Crippen LogP contribution < -0.4 is 19.7 Å². The van der Waals surface area contributed by atoms with Crippen LogP contribution in [-0.2, 0) is 20.9 Å². The van der Waals surface area contributed by atoms with Gasteiger partial charge in [0.25, 0.3) is 5.91 Å². The van der Waals surface area contributed by atoms with Gasteiger partial charge in [-0.05, 0) is 19.1 Å². The highest BCUT2D eigenvalue weighted by Crippen LogP contribution is 2.34. The SMILES string of the molecule is CCOC(=O)C[NH+](Cc1ccccc1)C(C(=O)Nc1ccc2c(c1)OCO2)c1ccccc1. The average molecular weight is 448 g/mol. The van der Waals surface area contributed by atoms with Gasteiger partial charge in [-0.2, -0.15) is 0 Å². The fourth-order valence-electron chi connectivity index (χ4n) is 3.93. The second kappa shape index (κ2) is 10.7. The van der Waals surface area contributed by atoms with Crippen molar-refractivity contribution in [1.82, 2.24) is 0 Å². The average Bonchev–Trinajstić information content (AvgIpc) is 3.29. The molecular weight excluding hydrogens is 420 g/mol. The maximum atomic E-state index is 13.6. The van der Waals surface area contributed by atoms with Gasteiger partial charge in [0.15, 0.2) is 24.1 Å². The summed E-state index contributed by atoms with van der Waals surface area (Å²) in [4.78, 5) is 26.9. The van der Waals surface area contributed by atoms with E-state index < -0.39 is 6.04 Å². The van der Waals surface area contributed by atoms with Gasteiger partial charge >= 0.3 is 5.97 Å². The molecule has 0 saturated carbocycles. The number of fused-ring (bicyclic) bond motifs is 1. The summed E-state index contributed by atoms with van der Waals surface area (Å²) in [5, 5.41) is 2.99. The van der Waals surface area contributed by atoms with Gasteiger partial charge in [0, 0.05) is 22.9 Å². The molecule has 1 aliphatic heterocycles. The van der Waals surface area contributed by atoms with Crippen LogP contribution in [0.25, 0.3) is 0 Å². The molecule has 1 aliphatic rings. The van der Waals surface area contributed by atoms with Gasteiger partial charge < -0.3 is 24.4 Å². The predicted octanol–water partition coefficient (Wildman–Crippen LogP) is 2.74. The number of rotatable bonds is 9. The third kappa shape index (κ3) is 5.70. The van der Waals surface area contributed by atoms with Gasteiger partial charge in [0.05, 0.1) is 6.61 Å². The lowest BCUT2D eigenvalue weighted by Gasteiger charge is -2.27. The van der Waals surface area contributed by atoms with Gasteiger partial charge in [0.1, 0.15) is 6.54 Å². The first kappa shape index (κ1) is 22.4. The van der Waals surface area contributed by atoms with E-state index in [-0.39, 0.29) is 31.8 Å². The van der Waals surface area contributed by atoms with Crippen LogP contribution in [0.15, 0.2) is 78.9 Å². The van der Waals surface area contributed by atoms with Crippen molar-refractivity contribution in [1.29, 1.82) is 0 Å². The molecule has 0 radical (unpaired) electrons. The number of ether oxygens (including phenoxy) is 3. The van der Waals surface area contributed by atoms with Crippen LogP contribution in [0, 0.1) is 0 Å². The molecule has 7 nitrogen and oxygen atoms in total. The van der Waals surface area contributed by atoms with E-state index in [9.17, 15) is 9.59 Å². The second-order valence-corrected chi connectivity index (χ2v) is 7.70. The zero-order chi connectivity index (χ0) is 23.0. The van der Waals surface area contributed by atoms with Gasteiger partial charge in [-0.3, -0.25) is 4.79 Å². The van der Waals surface area contributed by atoms with E-state index in [1.807, 2.05) is 60.7 Å². The van der Waals surface area contributed by atoms with Gasteiger partial charge in [-0.1, -0.05) is 60.7 Å². The van der Waals surface area contributed by atoms with E-state index in [1.54, 1.807) is 25.1 Å². The summed E-state index contributed by atoms with van der Waals surface area (Å²) < 4.78 is 16.0. The van der Waals surface area contributed by atoms with E-state index in [4.69, 9.17) is 14.2 Å². The molecule has 0 spiro atoms. The number of carbonyl (C=O) groups is 2. The predicted molar refractivity (Wildman–Crippen MR) is 123 cm³/mol. The van der Waals surface area contributed by atoms with Crippen molar-refractivity contribution in [3.63, 3.8) is 0 Å². The molecule has 0 saturated heterocycles. The highest BCUT2D eigenvalue weighted by Gasteiger charge is 2.34. The summed E-state index contributed by atoms with van der Waals surface area (Å²) in [6.07, 6.45) is 0. The molecule has 0 fully saturated rings. The van der Waals surface area contributed by atoms with Crippen molar-refractivity contribution in [3.05, 3.63) is 90.0 Å². The largest absolute Gasteiger partial charge is 0.462 e. The molecule has 1 heterocycles. The maximum absolute atomic E-state index is 13.6. The van der Waals surface area contributed by atoms with Crippen molar-refractivity contribution in [2.45, 2.75) is 19.5 Å². The minimum absolute atomic E-state index is 0.0524. The Kier molecular flexibility index (Phi) is 7.22. The topological polar surface area (TPSA) is 78.3 Å². The monoisotopic (exact) mass is 447 g/mol. The molecule has 170 valence electrons. The Labute approximate surface area is 192 Å². The van der Waals surface area contributed by atoms with Crippen molar-refractivity contribution in [2.75, 3.05) is 25.3 Å². The minimum Gasteiger partial charge on any atom is -0.462 e. The van der Waals surface area contributed by atoms with Crippen LogP contribution in [-0.4, -0.2) is 31.8 Å². The van der Waals surface area contributed by atoms with E-state index in [2.05, 4.69) is 5.32 Å². The third-order valence-electron chi connectivity index (χ3n) is 5.39. The van der Waals surface area contributed by atoms with Crippen LogP contribution in [0.4, 0.5) is 5.69 Å². The molecular formula is C26H27N2O5+. The number of carbonyl (C=O) groups excluding carboxylic acids is 2. The van der Waals surface area contributed by atoms with E-state index >= 15 is 0 Å². The van der Waals surface area contributed by atoms with Crippen LogP contribution in [0.3, 0.4) is 0 Å². The Morgan fingerprint density at radius 3 is 2.39 bits per heavy atom. The normalized spacial score (nSPS) is 13.7. The van der Waals surface area contributed by atoms with Gasteiger partial charge in [-0.25, -0.2) is 4.79 Å². The molecule has 2 unspecified atom stereocenters. The first-order valence-electron chi connectivity index (χ1n) is 10.9. The molecule has 3 aromatic rings. The molecule has 7 heteroatoms. The Morgan fingerprint density at radius 2 is 1.67 bits per heavy atom. The smallest absolute Gasteiger partial charge is 0.361 e. The fourth-order valence-corrected chi connectivity index (χ4v) is 3.93. The quantitative estimate of drug-likeness (QED) is 0.493. The Bertz CT molecular complexity index is 1090. The summed E-state index contributed by atoms with van der Waals surface area (Å²) in [6.45, 7) is 2.76. The Morgan fingerprint density at radius 1 is 0.970 bits per heavy atom. The third-order valence-corrected chi connectivity index (χ3v) is 5.39. The summed E-state index contributed by atoms with van der Waals surface area (Å²) in [5.41, 5.74) is 2.43. The number of benzene rings is 3. The van der Waals surface area contributed by atoms with E-state index in [0.29, 0.717) is 23.7 Å². The molecule has 0 bridgehead atoms. The molecule has 2 atom stereocenters. The number of hydrogen-bond donors (Lipinski definition) is 2. The van der Waals surface area contributed by atoms with Crippen molar-refractivity contribution in [3.8, 4) is 11.5 Å². The van der Waals surface area contributed by atoms with Crippen molar-refractivity contribution in [2.24, 2.45) is 0 Å². The number of nitrogens with one attached hydrogen (secondary N) is 2. The van der Waals surface area contributed by atoms with Crippen LogP contribution >= 0.6 is 0 Å². The second-order valence-electron chi connectivity index (χ2n) is 7.70. The lowest BCUT2D eigenvalue weighted by molar-refractivity contribution is -0.928. The first-order chi connectivity index (χ1) is 16.1. The Hall–Kier alpha value is -3.84. The van der Waals surface area contributed by atoms with Crippen molar-refractivity contribution < 1.29 is 28.7 Å². The number of amides is 1. The lowest BCUT2D eigenvalue weighted by atomic mass is 10.0. The van der Waals surface area contributed by atoms with Crippen LogP contribution in [0.1, 0.15) is 24.1 Å². The molecule has 0 aromatic heterocycles. The van der Waals surface area contributed by atoms with Gasteiger partial charge in [-0.15, -0.1) is 0 Å². The number of anilines is 1. The van der Waals surface area contributed by atoms with Crippen LogP contribution in [0.5, 0.6) is 11.5 Å². The minimum atomic E-state index is -0.638. The molecule has 4 rings (SSSR count). The number of hydrogen-bond acceptors (Lipinski definition) is 5. The maximum Gasteiger partial charge on any atom is 0.361 e. The number of quaternary nitrogens is 1. The first-order valence-corrected chi connectivity index (χ1v) is 10.9. The van der Waals surface area contributed by atoms with E-state index in [1.165, 1.54) is 0 Å². The lowest BCUT2D eigenvalue weighted by Crippen LogP contribution is -3.13. The van der Waals surface area contributed by atoms with Gasteiger partial charge in [0.2, 0.25) is 6.79 Å². The molecule has 33 heavy (non-hydrogen) atoms. The zero-order valence-corrected chi connectivity index (χ0v) is 18.5. The summed E-state index contributed by atoms with van der Waals surface area (Å²) >= 11 is 0. The molecule has 2 N–H and O–H groups in total. The molecule has 3 aromatic carbocycles. The highest BCUT2D eigenvalue weighted by atomic mass is 16.7. The molecule has 1 amide bonds. The van der Waals surface area contributed by atoms with Crippen LogP contribution in [0.2, 0.25) is 0 Å². The van der Waals surface area contributed by atoms with Crippen molar-refractivity contribution >= 4 is 17.6 Å². The van der Waals surface area contributed by atoms with E-state index in [0.717, 1.165) is 16.0 Å². The summed E-state index contributed by atoms with van der Waals surface area (Å²) in [6, 6.07) is 23.9.